The highest BCUT2D eigenvalue weighted by atomic mass is 32.2. The summed E-state index contributed by atoms with van der Waals surface area (Å²) < 4.78 is 5.62. The molecular weight excluding hydrogens is 282 g/mol. The van der Waals surface area contributed by atoms with E-state index in [1.165, 1.54) is 16.9 Å². The molecule has 0 amide bonds. The number of guanidine groups is 1. The molecular formula is C16H25N3OS. The molecule has 1 aliphatic heterocycles. The Morgan fingerprint density at radius 1 is 1.33 bits per heavy atom. The third-order valence-corrected chi connectivity index (χ3v) is 4.19. The molecule has 0 bridgehead atoms. The van der Waals surface area contributed by atoms with Crippen LogP contribution in [0.25, 0.3) is 0 Å². The van der Waals surface area contributed by atoms with Gasteiger partial charge in [0.05, 0.1) is 12.6 Å². The number of nitrogens with one attached hydrogen (secondary N) is 2. The summed E-state index contributed by atoms with van der Waals surface area (Å²) in [6.45, 7) is 5.36. The van der Waals surface area contributed by atoms with Crippen LogP contribution in [0.3, 0.4) is 0 Å². The average Bonchev–Trinajstić information content (AvgIpc) is 3.04. The molecule has 1 saturated heterocycles. The molecule has 2 N–H and O–H groups in total. The van der Waals surface area contributed by atoms with Crippen LogP contribution in [0.5, 0.6) is 0 Å². The van der Waals surface area contributed by atoms with Crippen molar-refractivity contribution in [3.63, 3.8) is 0 Å². The van der Waals surface area contributed by atoms with Crippen molar-refractivity contribution in [2.45, 2.75) is 37.3 Å². The summed E-state index contributed by atoms with van der Waals surface area (Å²) in [4.78, 5) is 5.92. The molecule has 1 aromatic rings. The summed E-state index contributed by atoms with van der Waals surface area (Å²) in [5.41, 5.74) is 1.22. The summed E-state index contributed by atoms with van der Waals surface area (Å²) in [5.74, 6) is 0.863. The van der Waals surface area contributed by atoms with E-state index in [0.29, 0.717) is 12.6 Å². The normalized spacial score (nSPS) is 18.8. The quantitative estimate of drug-likeness (QED) is 0.482. The van der Waals surface area contributed by atoms with Crippen molar-refractivity contribution in [3.05, 3.63) is 29.8 Å². The van der Waals surface area contributed by atoms with Crippen molar-refractivity contribution in [1.82, 2.24) is 10.6 Å². The van der Waals surface area contributed by atoms with Gasteiger partial charge >= 0.3 is 0 Å². The maximum atomic E-state index is 5.62. The molecule has 4 nitrogen and oxygen atoms in total. The Morgan fingerprint density at radius 2 is 2.14 bits per heavy atom. The Bertz CT molecular complexity index is 441. The van der Waals surface area contributed by atoms with Gasteiger partial charge in [0.25, 0.3) is 0 Å². The molecule has 1 aliphatic rings. The molecule has 0 spiro atoms. The minimum Gasteiger partial charge on any atom is -0.376 e. The molecule has 0 aliphatic carbocycles. The lowest BCUT2D eigenvalue weighted by Gasteiger charge is -2.14. The predicted molar refractivity (Wildman–Crippen MR) is 90.0 cm³/mol. The molecule has 116 valence electrons. The first kappa shape index (κ1) is 16.2. The monoisotopic (exact) mass is 307 g/mol. The van der Waals surface area contributed by atoms with Gasteiger partial charge in [-0.25, -0.2) is 4.99 Å². The highest BCUT2D eigenvalue weighted by Gasteiger charge is 2.15. The van der Waals surface area contributed by atoms with E-state index < -0.39 is 0 Å². The van der Waals surface area contributed by atoms with Gasteiger partial charge in [-0.3, -0.25) is 0 Å². The number of ether oxygens (including phenoxy) is 1. The fourth-order valence-corrected chi connectivity index (χ4v) is 2.67. The summed E-state index contributed by atoms with van der Waals surface area (Å²) >= 11 is 1.76. The van der Waals surface area contributed by atoms with Crippen molar-refractivity contribution in [2.75, 3.05) is 26.0 Å². The minimum absolute atomic E-state index is 0.328. The number of hydrogen-bond donors (Lipinski definition) is 2. The molecule has 21 heavy (non-hydrogen) atoms. The Hall–Kier alpha value is -1.20. The van der Waals surface area contributed by atoms with E-state index in [0.717, 1.165) is 32.1 Å². The molecule has 1 fully saturated rings. The zero-order valence-corrected chi connectivity index (χ0v) is 13.7. The first-order chi connectivity index (χ1) is 10.3. The molecule has 5 heteroatoms. The van der Waals surface area contributed by atoms with Crippen LogP contribution in [0.15, 0.2) is 34.2 Å². The Morgan fingerprint density at radius 3 is 2.76 bits per heavy atom. The Kier molecular flexibility index (Phi) is 6.89. The first-order valence-corrected chi connectivity index (χ1v) is 8.81. The topological polar surface area (TPSA) is 45.7 Å². The predicted octanol–water partition coefficient (Wildman–Crippen LogP) is 2.64. The van der Waals surface area contributed by atoms with E-state index in [1.807, 2.05) is 0 Å². The van der Waals surface area contributed by atoms with E-state index in [2.05, 4.69) is 53.1 Å². The number of thioether (sulfide) groups is 1. The van der Waals surface area contributed by atoms with Crippen LogP contribution >= 0.6 is 11.8 Å². The molecule has 1 heterocycles. The van der Waals surface area contributed by atoms with Crippen molar-refractivity contribution in [1.29, 1.82) is 0 Å². The lowest BCUT2D eigenvalue weighted by molar-refractivity contribution is 0.114. The van der Waals surface area contributed by atoms with Crippen LogP contribution in [0.1, 0.15) is 25.3 Å². The van der Waals surface area contributed by atoms with Gasteiger partial charge in [-0.2, -0.15) is 0 Å². The van der Waals surface area contributed by atoms with Gasteiger partial charge < -0.3 is 15.4 Å². The Balaban J connectivity index is 1.86. The van der Waals surface area contributed by atoms with Crippen LogP contribution in [-0.4, -0.2) is 38.0 Å². The SMILES string of the molecule is CCNC(=NCc1ccc(SC)cc1)NCC1CCCO1. The summed E-state index contributed by atoms with van der Waals surface area (Å²) in [6, 6.07) is 8.56. The molecule has 1 atom stereocenters. The van der Waals surface area contributed by atoms with Gasteiger partial charge in [0.2, 0.25) is 0 Å². The van der Waals surface area contributed by atoms with E-state index in [1.54, 1.807) is 11.8 Å². The third kappa shape index (κ3) is 5.59. The summed E-state index contributed by atoms with van der Waals surface area (Å²) in [5, 5.41) is 6.64. The highest BCUT2D eigenvalue weighted by Crippen LogP contribution is 2.15. The van der Waals surface area contributed by atoms with E-state index in [9.17, 15) is 0 Å². The number of rotatable bonds is 6. The molecule has 0 radical (unpaired) electrons. The smallest absolute Gasteiger partial charge is 0.191 e. The zero-order chi connectivity index (χ0) is 14.9. The second-order valence-electron chi connectivity index (χ2n) is 5.06. The van der Waals surface area contributed by atoms with Crippen molar-refractivity contribution in [3.8, 4) is 0 Å². The number of aliphatic imine (C=N–C) groups is 1. The Labute approximate surface area is 131 Å². The van der Waals surface area contributed by atoms with Crippen LogP contribution in [0.2, 0.25) is 0 Å². The van der Waals surface area contributed by atoms with Crippen LogP contribution < -0.4 is 10.6 Å². The lowest BCUT2D eigenvalue weighted by atomic mass is 10.2. The van der Waals surface area contributed by atoms with Crippen LogP contribution in [0, 0.1) is 0 Å². The third-order valence-electron chi connectivity index (χ3n) is 3.44. The first-order valence-electron chi connectivity index (χ1n) is 7.58. The average molecular weight is 307 g/mol. The maximum absolute atomic E-state index is 5.62. The summed E-state index contributed by atoms with van der Waals surface area (Å²) in [6.07, 6.45) is 4.73. The standard InChI is InChI=1S/C16H25N3OS/c1-3-17-16(19-12-14-5-4-10-20-14)18-11-13-6-8-15(21-2)9-7-13/h6-9,14H,3-5,10-12H2,1-2H3,(H2,17,18,19). The summed E-state index contributed by atoms with van der Waals surface area (Å²) in [7, 11) is 0. The van der Waals surface area contributed by atoms with Gasteiger partial charge in [0.15, 0.2) is 5.96 Å². The van der Waals surface area contributed by atoms with Gasteiger partial charge in [-0.15, -0.1) is 11.8 Å². The van der Waals surface area contributed by atoms with E-state index in [-0.39, 0.29) is 0 Å². The number of benzene rings is 1. The second-order valence-corrected chi connectivity index (χ2v) is 5.94. The van der Waals surface area contributed by atoms with Crippen molar-refractivity contribution < 1.29 is 4.74 Å². The van der Waals surface area contributed by atoms with Gasteiger partial charge in [-0.05, 0) is 43.7 Å². The largest absolute Gasteiger partial charge is 0.376 e. The maximum Gasteiger partial charge on any atom is 0.191 e. The molecule has 0 saturated carbocycles. The minimum atomic E-state index is 0.328. The van der Waals surface area contributed by atoms with Gasteiger partial charge in [-0.1, -0.05) is 12.1 Å². The zero-order valence-electron chi connectivity index (χ0n) is 12.9. The molecule has 2 rings (SSSR count). The van der Waals surface area contributed by atoms with Crippen LogP contribution in [0.4, 0.5) is 0 Å². The number of hydrogen-bond acceptors (Lipinski definition) is 3. The molecule has 0 aromatic heterocycles. The fourth-order valence-electron chi connectivity index (χ4n) is 2.26. The highest BCUT2D eigenvalue weighted by molar-refractivity contribution is 7.98. The van der Waals surface area contributed by atoms with Crippen LogP contribution in [-0.2, 0) is 11.3 Å². The second kappa shape index (κ2) is 8.95. The lowest BCUT2D eigenvalue weighted by Crippen LogP contribution is -2.41. The van der Waals surface area contributed by atoms with Crippen molar-refractivity contribution >= 4 is 17.7 Å². The van der Waals surface area contributed by atoms with Crippen molar-refractivity contribution in [2.24, 2.45) is 4.99 Å². The number of nitrogens with zero attached hydrogens (tertiary/aromatic N) is 1. The van der Waals surface area contributed by atoms with Gasteiger partial charge in [0, 0.05) is 24.6 Å². The fraction of sp³-hybridized carbons (Fsp3) is 0.562. The van der Waals surface area contributed by atoms with E-state index in [4.69, 9.17) is 4.74 Å². The van der Waals surface area contributed by atoms with E-state index >= 15 is 0 Å². The molecule has 1 aromatic carbocycles. The van der Waals surface area contributed by atoms with Gasteiger partial charge in [0.1, 0.15) is 0 Å². The molecule has 1 unspecified atom stereocenters.